The Balaban J connectivity index is 2.77. The smallest absolute Gasteiger partial charge is 0.0456 e. The van der Waals surface area contributed by atoms with Gasteiger partial charge in [-0.3, -0.25) is 4.98 Å². The highest BCUT2D eigenvalue weighted by Gasteiger charge is 2.06. The van der Waals surface area contributed by atoms with Gasteiger partial charge in [-0.2, -0.15) is 0 Å². The van der Waals surface area contributed by atoms with Crippen LogP contribution in [0.4, 0.5) is 5.69 Å². The first kappa shape index (κ1) is 12.0. The number of aromatic nitrogens is 1. The Morgan fingerprint density at radius 3 is 2.47 bits per heavy atom. The summed E-state index contributed by atoms with van der Waals surface area (Å²) < 4.78 is 0. The minimum Gasteiger partial charge on any atom is -0.398 e. The molecule has 2 heteroatoms. The van der Waals surface area contributed by atoms with Crippen molar-refractivity contribution in [2.24, 2.45) is 0 Å². The lowest BCUT2D eigenvalue weighted by Gasteiger charge is -2.10. The van der Waals surface area contributed by atoms with E-state index in [0.29, 0.717) is 0 Å². The van der Waals surface area contributed by atoms with Gasteiger partial charge in [-0.15, -0.1) is 0 Å². The Labute approximate surface area is 92.9 Å². The highest BCUT2D eigenvalue weighted by molar-refractivity contribution is 5.48. The lowest BCUT2D eigenvalue weighted by molar-refractivity contribution is 0.742. The van der Waals surface area contributed by atoms with E-state index in [1.54, 1.807) is 0 Å². The Hall–Kier alpha value is -1.05. The van der Waals surface area contributed by atoms with Gasteiger partial charge in [0.25, 0.3) is 0 Å². The monoisotopic (exact) mass is 206 g/mol. The van der Waals surface area contributed by atoms with Crippen LogP contribution < -0.4 is 5.73 Å². The van der Waals surface area contributed by atoms with Crippen molar-refractivity contribution in [1.82, 2.24) is 4.98 Å². The van der Waals surface area contributed by atoms with E-state index in [1.807, 2.05) is 12.3 Å². The third-order valence-electron chi connectivity index (χ3n) is 2.73. The van der Waals surface area contributed by atoms with E-state index in [4.69, 9.17) is 5.73 Å². The van der Waals surface area contributed by atoms with Gasteiger partial charge in [-0.05, 0) is 37.3 Å². The number of aryl methyl sites for hydroxylation is 1. The maximum absolute atomic E-state index is 5.99. The van der Waals surface area contributed by atoms with Crippen LogP contribution in [-0.4, -0.2) is 4.98 Å². The molecule has 0 bridgehead atoms. The second-order valence-electron chi connectivity index (χ2n) is 4.03. The standard InChI is InChI=1S/C13H22N2/c1-3-5-7-11-12(14)9-10-15-13(11)8-6-4-2/h9-10H,3-8H2,1-2H3,(H2,14,15). The summed E-state index contributed by atoms with van der Waals surface area (Å²) in [4.78, 5) is 4.45. The zero-order valence-corrected chi connectivity index (χ0v) is 9.92. The van der Waals surface area contributed by atoms with Crippen LogP contribution in [0.25, 0.3) is 0 Å². The fourth-order valence-corrected chi connectivity index (χ4v) is 1.75. The van der Waals surface area contributed by atoms with E-state index in [-0.39, 0.29) is 0 Å². The summed E-state index contributed by atoms with van der Waals surface area (Å²) in [6, 6.07) is 1.92. The topological polar surface area (TPSA) is 38.9 Å². The molecule has 2 N–H and O–H groups in total. The van der Waals surface area contributed by atoms with E-state index in [0.717, 1.165) is 18.5 Å². The summed E-state index contributed by atoms with van der Waals surface area (Å²) in [7, 11) is 0. The van der Waals surface area contributed by atoms with Crippen molar-refractivity contribution in [1.29, 1.82) is 0 Å². The van der Waals surface area contributed by atoms with Crippen LogP contribution in [0.2, 0.25) is 0 Å². The number of unbranched alkanes of at least 4 members (excludes halogenated alkanes) is 2. The molecule has 1 aromatic heterocycles. The number of rotatable bonds is 6. The van der Waals surface area contributed by atoms with Crippen LogP contribution in [0, 0.1) is 0 Å². The molecule has 1 rings (SSSR count). The number of hydrogen-bond acceptors (Lipinski definition) is 2. The summed E-state index contributed by atoms with van der Waals surface area (Å²) in [5.74, 6) is 0. The van der Waals surface area contributed by atoms with E-state index < -0.39 is 0 Å². The van der Waals surface area contributed by atoms with Crippen molar-refractivity contribution in [2.45, 2.75) is 52.4 Å². The second kappa shape index (κ2) is 6.44. The van der Waals surface area contributed by atoms with Gasteiger partial charge in [0.2, 0.25) is 0 Å². The van der Waals surface area contributed by atoms with E-state index in [9.17, 15) is 0 Å². The summed E-state index contributed by atoms with van der Waals surface area (Å²) >= 11 is 0. The molecule has 1 aromatic rings. The molecule has 0 saturated heterocycles. The molecular weight excluding hydrogens is 184 g/mol. The molecule has 0 fully saturated rings. The number of nitrogen functional groups attached to an aromatic ring is 1. The van der Waals surface area contributed by atoms with Crippen molar-refractivity contribution < 1.29 is 0 Å². The molecule has 84 valence electrons. The van der Waals surface area contributed by atoms with Gasteiger partial charge < -0.3 is 5.73 Å². The number of pyridine rings is 1. The first-order valence-corrected chi connectivity index (χ1v) is 6.01. The largest absolute Gasteiger partial charge is 0.398 e. The third-order valence-corrected chi connectivity index (χ3v) is 2.73. The van der Waals surface area contributed by atoms with Crippen LogP contribution in [0.15, 0.2) is 12.3 Å². The molecule has 0 spiro atoms. The quantitative estimate of drug-likeness (QED) is 0.775. The van der Waals surface area contributed by atoms with E-state index in [1.165, 1.54) is 36.9 Å². The normalized spacial score (nSPS) is 10.5. The Morgan fingerprint density at radius 1 is 1.13 bits per heavy atom. The van der Waals surface area contributed by atoms with Gasteiger partial charge in [0.15, 0.2) is 0 Å². The number of nitrogens with zero attached hydrogens (tertiary/aromatic N) is 1. The molecule has 15 heavy (non-hydrogen) atoms. The van der Waals surface area contributed by atoms with Gasteiger partial charge in [0.05, 0.1) is 0 Å². The van der Waals surface area contributed by atoms with Gasteiger partial charge in [0.1, 0.15) is 0 Å². The van der Waals surface area contributed by atoms with Crippen molar-refractivity contribution in [3.05, 3.63) is 23.5 Å². The second-order valence-corrected chi connectivity index (χ2v) is 4.03. The molecule has 0 aliphatic rings. The summed E-state index contributed by atoms with van der Waals surface area (Å²) in [6.07, 6.45) is 8.81. The van der Waals surface area contributed by atoms with Crippen LogP contribution in [0.5, 0.6) is 0 Å². The minimum atomic E-state index is 0.921. The zero-order valence-electron chi connectivity index (χ0n) is 9.92. The fraction of sp³-hybridized carbons (Fsp3) is 0.615. The molecule has 0 saturated carbocycles. The molecule has 0 atom stereocenters. The molecule has 0 radical (unpaired) electrons. The fourth-order valence-electron chi connectivity index (χ4n) is 1.75. The number of anilines is 1. The number of nitrogens with two attached hydrogens (primary N) is 1. The van der Waals surface area contributed by atoms with Gasteiger partial charge in [0, 0.05) is 17.6 Å². The predicted octanol–water partition coefficient (Wildman–Crippen LogP) is 3.35. The van der Waals surface area contributed by atoms with Crippen molar-refractivity contribution >= 4 is 5.69 Å². The van der Waals surface area contributed by atoms with E-state index in [2.05, 4.69) is 18.8 Å². The highest BCUT2D eigenvalue weighted by atomic mass is 14.7. The zero-order chi connectivity index (χ0) is 11.1. The first-order chi connectivity index (χ1) is 7.29. The lowest BCUT2D eigenvalue weighted by atomic mass is 10.0. The van der Waals surface area contributed by atoms with Crippen molar-refractivity contribution in [3.63, 3.8) is 0 Å². The SMILES string of the molecule is CCCCc1nccc(N)c1CCCC. The van der Waals surface area contributed by atoms with Crippen molar-refractivity contribution in [3.8, 4) is 0 Å². The maximum atomic E-state index is 5.99. The predicted molar refractivity (Wildman–Crippen MR) is 65.9 cm³/mol. The highest BCUT2D eigenvalue weighted by Crippen LogP contribution is 2.19. The van der Waals surface area contributed by atoms with Crippen LogP contribution in [-0.2, 0) is 12.8 Å². The Kier molecular flexibility index (Phi) is 5.16. The summed E-state index contributed by atoms with van der Waals surface area (Å²) in [5, 5.41) is 0. The molecule has 2 nitrogen and oxygen atoms in total. The van der Waals surface area contributed by atoms with Crippen molar-refractivity contribution in [2.75, 3.05) is 5.73 Å². The maximum Gasteiger partial charge on any atom is 0.0456 e. The number of hydrogen-bond donors (Lipinski definition) is 1. The minimum absolute atomic E-state index is 0.921. The van der Waals surface area contributed by atoms with Gasteiger partial charge in [-0.1, -0.05) is 26.7 Å². The Morgan fingerprint density at radius 2 is 1.80 bits per heavy atom. The van der Waals surface area contributed by atoms with Crippen LogP contribution in [0.1, 0.15) is 50.8 Å². The summed E-state index contributed by atoms with van der Waals surface area (Å²) in [6.45, 7) is 4.41. The molecule has 0 aromatic carbocycles. The first-order valence-electron chi connectivity index (χ1n) is 6.01. The molecule has 1 heterocycles. The van der Waals surface area contributed by atoms with Crippen LogP contribution in [0.3, 0.4) is 0 Å². The molecule has 0 unspecified atom stereocenters. The summed E-state index contributed by atoms with van der Waals surface area (Å²) in [5.41, 5.74) is 9.41. The average Bonchev–Trinajstić information content (AvgIpc) is 2.25. The Bertz CT molecular complexity index is 295. The van der Waals surface area contributed by atoms with Gasteiger partial charge >= 0.3 is 0 Å². The van der Waals surface area contributed by atoms with E-state index >= 15 is 0 Å². The van der Waals surface area contributed by atoms with Crippen LogP contribution >= 0.6 is 0 Å². The molecule has 0 amide bonds. The lowest BCUT2D eigenvalue weighted by Crippen LogP contribution is -2.03. The van der Waals surface area contributed by atoms with Gasteiger partial charge in [-0.25, -0.2) is 0 Å². The molecule has 0 aliphatic carbocycles. The molecular formula is C13H22N2. The molecule has 0 aliphatic heterocycles. The average molecular weight is 206 g/mol. The third kappa shape index (κ3) is 3.54.